The number of rotatable bonds is 13. The zero-order chi connectivity index (χ0) is 17.9. The quantitative estimate of drug-likeness (QED) is 0.184. The van der Waals surface area contributed by atoms with Gasteiger partial charge in [0.15, 0.2) is 7.83 Å². The molecule has 0 amide bonds. The van der Waals surface area contributed by atoms with E-state index < -0.39 is 15.4 Å². The maximum atomic E-state index is 7.02. The zero-order valence-corrected chi connectivity index (χ0v) is 19.2. The van der Waals surface area contributed by atoms with E-state index in [9.17, 15) is 0 Å². The number of hydrogen-bond donors (Lipinski definition) is 0. The van der Waals surface area contributed by atoms with Gasteiger partial charge < -0.3 is 4.43 Å². The van der Waals surface area contributed by atoms with E-state index in [1.54, 1.807) is 6.04 Å². The summed E-state index contributed by atoms with van der Waals surface area (Å²) in [5.74, 6) is 0. The van der Waals surface area contributed by atoms with Crippen LogP contribution < -0.4 is 0 Å². The number of hydrogen-bond acceptors (Lipinski definition) is 1. The van der Waals surface area contributed by atoms with Crippen molar-refractivity contribution in [2.45, 2.75) is 122 Å². The van der Waals surface area contributed by atoms with Crippen LogP contribution in [-0.4, -0.2) is 21.5 Å². The fourth-order valence-corrected chi connectivity index (χ4v) is 23.9. The highest BCUT2D eigenvalue weighted by atomic mass is 29.3. The Labute approximate surface area is 154 Å². The minimum atomic E-state index is -1.43. The maximum absolute atomic E-state index is 7.02. The van der Waals surface area contributed by atoms with E-state index in [4.69, 9.17) is 4.43 Å². The summed E-state index contributed by atoms with van der Waals surface area (Å²) < 4.78 is 7.02. The van der Waals surface area contributed by atoms with Crippen molar-refractivity contribution in [3.05, 3.63) is 12.7 Å². The molecule has 0 aliphatic carbocycles. The van der Waals surface area contributed by atoms with E-state index in [2.05, 4.69) is 34.3 Å². The molecular weight excluding hydrogens is 324 g/mol. The first-order valence-electron chi connectivity index (χ1n) is 10.9. The highest BCUT2D eigenvalue weighted by molar-refractivity contribution is 7.40. The summed E-state index contributed by atoms with van der Waals surface area (Å²) in [7, 11) is -2.55. The molecule has 1 heterocycles. The van der Waals surface area contributed by atoms with Gasteiger partial charge in [-0.3, -0.25) is 0 Å². The van der Waals surface area contributed by atoms with Gasteiger partial charge in [-0.05, 0) is 37.8 Å². The van der Waals surface area contributed by atoms with E-state index in [1.807, 2.05) is 6.08 Å². The van der Waals surface area contributed by atoms with Crippen molar-refractivity contribution in [1.29, 1.82) is 0 Å². The molecule has 0 aromatic carbocycles. The molecule has 1 saturated heterocycles. The van der Waals surface area contributed by atoms with Crippen LogP contribution in [0.5, 0.6) is 0 Å². The van der Waals surface area contributed by atoms with Crippen molar-refractivity contribution in [2.75, 3.05) is 0 Å². The zero-order valence-electron chi connectivity index (χ0n) is 17.2. The molecule has 1 unspecified atom stereocenters. The molecule has 1 fully saturated rings. The molecule has 1 rings (SSSR count). The third-order valence-corrected chi connectivity index (χ3v) is 27.1. The van der Waals surface area contributed by atoms with Crippen LogP contribution in [0.3, 0.4) is 0 Å². The Bertz CT molecular complexity index is 335. The van der Waals surface area contributed by atoms with Crippen LogP contribution in [0.2, 0.25) is 30.2 Å². The van der Waals surface area contributed by atoms with E-state index in [0.29, 0.717) is 6.10 Å². The summed E-state index contributed by atoms with van der Waals surface area (Å²) in [6.07, 6.45) is 14.9. The molecular formula is C21H44OSi2. The average Bonchev–Trinajstić information content (AvgIpc) is 2.63. The second kappa shape index (κ2) is 11.7. The summed E-state index contributed by atoms with van der Waals surface area (Å²) in [6, 6.07) is 7.25. The smallest absolute Gasteiger partial charge is 0.180 e. The molecule has 0 spiro atoms. The van der Waals surface area contributed by atoms with Crippen LogP contribution in [-0.2, 0) is 4.43 Å². The van der Waals surface area contributed by atoms with E-state index in [1.165, 1.54) is 82.0 Å². The van der Waals surface area contributed by atoms with Gasteiger partial charge in [-0.1, -0.05) is 84.0 Å². The molecule has 24 heavy (non-hydrogen) atoms. The van der Waals surface area contributed by atoms with Crippen molar-refractivity contribution < 1.29 is 4.43 Å². The van der Waals surface area contributed by atoms with Crippen molar-refractivity contribution >= 4 is 15.4 Å². The van der Waals surface area contributed by atoms with Crippen molar-refractivity contribution in [3.63, 3.8) is 0 Å². The van der Waals surface area contributed by atoms with Crippen LogP contribution >= 0.6 is 0 Å². The maximum Gasteiger partial charge on any atom is 0.180 e. The molecule has 0 N–H and O–H groups in total. The fraction of sp³-hybridized carbons (Fsp3) is 0.905. The molecule has 1 aliphatic rings. The Morgan fingerprint density at radius 2 is 1.46 bits per heavy atom. The van der Waals surface area contributed by atoms with Gasteiger partial charge in [-0.2, -0.15) is 0 Å². The lowest BCUT2D eigenvalue weighted by Gasteiger charge is -2.52. The van der Waals surface area contributed by atoms with Crippen molar-refractivity contribution in [2.24, 2.45) is 0 Å². The third-order valence-electron chi connectivity index (χ3n) is 6.98. The summed E-state index contributed by atoms with van der Waals surface area (Å²) in [5.41, 5.74) is 0. The molecule has 1 atom stereocenters. The summed E-state index contributed by atoms with van der Waals surface area (Å²) in [5, 5.41) is 0. The Balaban J connectivity index is 2.37. The van der Waals surface area contributed by atoms with Crippen LogP contribution in [0, 0.1) is 0 Å². The summed E-state index contributed by atoms with van der Waals surface area (Å²) in [4.78, 5) is 0. The summed E-state index contributed by atoms with van der Waals surface area (Å²) >= 11 is 0. The van der Waals surface area contributed by atoms with Gasteiger partial charge in [-0.15, -0.1) is 6.58 Å². The monoisotopic (exact) mass is 368 g/mol. The Kier molecular flexibility index (Phi) is 10.8. The standard InChI is InChI=1S/C21H44OSi2/c1-6-11-12-13-14-15-16-17-18-21-19-20-23(7-2,8-3)24(9-4,10-5)22-21/h6,21H,1,7-20H2,2-5H3. The van der Waals surface area contributed by atoms with Crippen LogP contribution in [0.1, 0.15) is 85.5 Å². The molecule has 0 radical (unpaired) electrons. The molecule has 0 bridgehead atoms. The molecule has 1 nitrogen and oxygen atoms in total. The average molecular weight is 369 g/mol. The van der Waals surface area contributed by atoms with Gasteiger partial charge in [0, 0.05) is 6.10 Å². The highest BCUT2D eigenvalue weighted by Gasteiger charge is 2.55. The fourth-order valence-electron chi connectivity index (χ4n) is 5.15. The van der Waals surface area contributed by atoms with E-state index in [0.717, 1.165) is 0 Å². The Morgan fingerprint density at radius 1 is 0.875 bits per heavy atom. The van der Waals surface area contributed by atoms with E-state index >= 15 is 0 Å². The van der Waals surface area contributed by atoms with E-state index in [-0.39, 0.29) is 0 Å². The minimum Gasteiger partial charge on any atom is -0.417 e. The molecule has 0 aromatic rings. The second-order valence-electron chi connectivity index (χ2n) is 7.95. The predicted octanol–water partition coefficient (Wildman–Crippen LogP) is 7.63. The van der Waals surface area contributed by atoms with Crippen molar-refractivity contribution in [3.8, 4) is 0 Å². The molecule has 0 aromatic heterocycles. The highest BCUT2D eigenvalue weighted by Crippen LogP contribution is 2.44. The van der Waals surface area contributed by atoms with Crippen molar-refractivity contribution in [1.82, 2.24) is 0 Å². The molecule has 142 valence electrons. The van der Waals surface area contributed by atoms with Gasteiger partial charge in [0.25, 0.3) is 0 Å². The SMILES string of the molecule is C=CCCCCCCCCC1CC[Si](CC)(CC)[Si](CC)(CC)O1. The molecule has 1 aliphatic heterocycles. The second-order valence-corrected chi connectivity index (χ2v) is 22.0. The van der Waals surface area contributed by atoms with Crippen LogP contribution in [0.25, 0.3) is 0 Å². The lowest BCUT2D eigenvalue weighted by Crippen LogP contribution is -2.67. The van der Waals surface area contributed by atoms with Gasteiger partial charge in [0.2, 0.25) is 0 Å². The minimum absolute atomic E-state index is 0.607. The largest absolute Gasteiger partial charge is 0.417 e. The number of unbranched alkanes of at least 4 members (excludes halogenated alkanes) is 6. The summed E-state index contributed by atoms with van der Waals surface area (Å²) in [6.45, 7) is 13.6. The third kappa shape index (κ3) is 5.57. The van der Waals surface area contributed by atoms with Crippen LogP contribution in [0.4, 0.5) is 0 Å². The molecule has 3 heteroatoms. The molecule has 0 saturated carbocycles. The van der Waals surface area contributed by atoms with Gasteiger partial charge in [-0.25, -0.2) is 0 Å². The lowest BCUT2D eigenvalue weighted by molar-refractivity contribution is 0.166. The topological polar surface area (TPSA) is 9.23 Å². The lowest BCUT2D eigenvalue weighted by atomic mass is 10.1. The number of allylic oxidation sites excluding steroid dienone is 1. The Hall–Kier alpha value is 0.134. The van der Waals surface area contributed by atoms with Gasteiger partial charge in [0.1, 0.15) is 0 Å². The Morgan fingerprint density at radius 3 is 2.00 bits per heavy atom. The first-order valence-corrected chi connectivity index (χ1v) is 16.9. The van der Waals surface area contributed by atoms with Gasteiger partial charge >= 0.3 is 0 Å². The van der Waals surface area contributed by atoms with Gasteiger partial charge in [0.05, 0.1) is 7.59 Å². The predicted molar refractivity (Wildman–Crippen MR) is 115 cm³/mol. The first kappa shape index (κ1) is 22.2. The van der Waals surface area contributed by atoms with Crippen LogP contribution in [0.15, 0.2) is 12.7 Å². The first-order chi connectivity index (χ1) is 11.6. The normalized spacial score (nSPS) is 22.4.